The van der Waals surface area contributed by atoms with Crippen molar-refractivity contribution in [3.8, 4) is 11.4 Å². The van der Waals surface area contributed by atoms with Crippen LogP contribution in [0.2, 0.25) is 10.0 Å². The van der Waals surface area contributed by atoms with Crippen molar-refractivity contribution in [3.05, 3.63) is 46.4 Å². The molecule has 2 aromatic carbocycles. The number of nitrogens with one attached hydrogen (secondary N) is 1. The quantitative estimate of drug-likeness (QED) is 0.314. The summed E-state index contributed by atoms with van der Waals surface area (Å²) in [5.74, 6) is 0.357. The normalized spacial score (nSPS) is 13.1. The van der Waals surface area contributed by atoms with Crippen LogP contribution in [-0.2, 0) is 14.3 Å². The molecule has 0 saturated carbocycles. The first kappa shape index (κ1) is 28.8. The number of carbonyl (C=O) groups is 2. The molecule has 0 aliphatic heterocycles. The SMILES string of the molecule is CC(C)CC(C(=O)OC(C)(C)C)n1c(-c2cc(Cl)cc(Cl)c2)nc2cc(NC(=O)OC(C)(C)C)ccc21. The number of anilines is 1. The van der Waals surface area contributed by atoms with Gasteiger partial charge in [-0.1, -0.05) is 37.0 Å². The van der Waals surface area contributed by atoms with Gasteiger partial charge in [-0.05, 0) is 90.3 Å². The molecule has 0 aliphatic rings. The first-order valence-electron chi connectivity index (χ1n) is 12.2. The minimum atomic E-state index is -0.660. The Labute approximate surface area is 228 Å². The van der Waals surface area contributed by atoms with Crippen molar-refractivity contribution in [3.63, 3.8) is 0 Å². The van der Waals surface area contributed by atoms with Crippen LogP contribution in [0.3, 0.4) is 0 Å². The fraction of sp³-hybridized carbons (Fsp3) is 0.464. The van der Waals surface area contributed by atoms with Gasteiger partial charge in [0.15, 0.2) is 0 Å². The zero-order valence-electron chi connectivity index (χ0n) is 22.6. The molecule has 1 N–H and O–H groups in total. The molecule has 0 aliphatic carbocycles. The molecule has 1 unspecified atom stereocenters. The maximum Gasteiger partial charge on any atom is 0.412 e. The lowest BCUT2D eigenvalue weighted by molar-refractivity contribution is -0.159. The smallest absolute Gasteiger partial charge is 0.412 e. The maximum absolute atomic E-state index is 13.5. The standard InChI is InChI=1S/C28H35Cl2N3O4/c1-16(2)11-23(25(34)36-27(3,4)5)33-22-10-9-20(31-26(35)37-28(6,7)8)15-21(22)32-24(33)17-12-18(29)14-19(30)13-17/h9-10,12-16,23H,11H2,1-8H3,(H,31,35). The minimum absolute atomic E-state index is 0.193. The molecule has 0 bridgehead atoms. The van der Waals surface area contributed by atoms with Crippen LogP contribution in [0.4, 0.5) is 10.5 Å². The number of nitrogens with zero attached hydrogens (tertiary/aromatic N) is 2. The Morgan fingerprint density at radius 1 is 0.946 bits per heavy atom. The fourth-order valence-electron chi connectivity index (χ4n) is 3.92. The number of benzene rings is 2. The lowest BCUT2D eigenvalue weighted by Crippen LogP contribution is -2.31. The van der Waals surface area contributed by atoms with Crippen molar-refractivity contribution >= 4 is 52.0 Å². The van der Waals surface area contributed by atoms with E-state index in [2.05, 4.69) is 19.2 Å². The van der Waals surface area contributed by atoms with E-state index in [-0.39, 0.29) is 11.9 Å². The summed E-state index contributed by atoms with van der Waals surface area (Å²) in [6.07, 6.45) is -0.0425. The fourth-order valence-corrected chi connectivity index (χ4v) is 4.45. The van der Waals surface area contributed by atoms with Crippen molar-refractivity contribution in [2.45, 2.75) is 79.1 Å². The highest BCUT2D eigenvalue weighted by Gasteiger charge is 2.31. The van der Waals surface area contributed by atoms with Crippen molar-refractivity contribution in [1.29, 1.82) is 0 Å². The van der Waals surface area contributed by atoms with Crippen LogP contribution in [0.25, 0.3) is 22.4 Å². The topological polar surface area (TPSA) is 82.5 Å². The summed E-state index contributed by atoms with van der Waals surface area (Å²) < 4.78 is 13.1. The molecular weight excluding hydrogens is 513 g/mol. The molecule has 9 heteroatoms. The van der Waals surface area contributed by atoms with E-state index < -0.39 is 23.3 Å². The van der Waals surface area contributed by atoms with Gasteiger partial charge in [0.2, 0.25) is 0 Å². The van der Waals surface area contributed by atoms with E-state index in [0.29, 0.717) is 44.6 Å². The second kappa shape index (κ2) is 10.9. The highest BCUT2D eigenvalue weighted by Crippen LogP contribution is 2.36. The van der Waals surface area contributed by atoms with Crippen LogP contribution in [0.5, 0.6) is 0 Å². The zero-order valence-corrected chi connectivity index (χ0v) is 24.1. The van der Waals surface area contributed by atoms with Crippen LogP contribution < -0.4 is 5.32 Å². The predicted molar refractivity (Wildman–Crippen MR) is 149 cm³/mol. The highest BCUT2D eigenvalue weighted by molar-refractivity contribution is 6.35. The Morgan fingerprint density at radius 2 is 1.54 bits per heavy atom. The summed E-state index contributed by atoms with van der Waals surface area (Å²) in [5.41, 5.74) is 1.17. The number of amides is 1. The number of hydrogen-bond donors (Lipinski definition) is 1. The molecule has 0 radical (unpaired) electrons. The molecule has 1 aromatic heterocycles. The Morgan fingerprint density at radius 3 is 2.08 bits per heavy atom. The van der Waals surface area contributed by atoms with Crippen LogP contribution in [-0.4, -0.2) is 32.8 Å². The van der Waals surface area contributed by atoms with Crippen LogP contribution >= 0.6 is 23.2 Å². The maximum atomic E-state index is 13.5. The molecule has 1 heterocycles. The van der Waals surface area contributed by atoms with Gasteiger partial charge >= 0.3 is 12.1 Å². The van der Waals surface area contributed by atoms with E-state index in [1.54, 1.807) is 51.1 Å². The van der Waals surface area contributed by atoms with Crippen molar-refractivity contribution in [2.75, 3.05) is 5.32 Å². The Bertz CT molecular complexity index is 1280. The van der Waals surface area contributed by atoms with Gasteiger partial charge in [-0.15, -0.1) is 0 Å². The molecule has 3 rings (SSSR count). The summed E-state index contributed by atoms with van der Waals surface area (Å²) in [7, 11) is 0. The largest absolute Gasteiger partial charge is 0.458 e. The molecule has 1 atom stereocenters. The van der Waals surface area contributed by atoms with E-state index in [4.69, 9.17) is 37.7 Å². The average Bonchev–Trinajstić information content (AvgIpc) is 3.06. The van der Waals surface area contributed by atoms with Crippen molar-refractivity contribution in [2.24, 2.45) is 5.92 Å². The predicted octanol–water partition coefficient (Wildman–Crippen LogP) is 8.29. The number of imidazole rings is 1. The Balaban J connectivity index is 2.20. The average molecular weight is 549 g/mol. The molecule has 3 aromatic rings. The number of halogens is 2. The summed E-state index contributed by atoms with van der Waals surface area (Å²) in [5, 5.41) is 3.65. The number of esters is 1. The van der Waals surface area contributed by atoms with Gasteiger partial charge in [-0.2, -0.15) is 0 Å². The van der Waals surface area contributed by atoms with Gasteiger partial charge in [0, 0.05) is 21.3 Å². The number of carbonyl (C=O) groups excluding carboxylic acids is 2. The zero-order chi connectivity index (χ0) is 27.7. The third-order valence-electron chi connectivity index (χ3n) is 5.14. The van der Waals surface area contributed by atoms with Crippen LogP contribution in [0.1, 0.15) is 67.9 Å². The van der Waals surface area contributed by atoms with Crippen LogP contribution in [0, 0.1) is 5.92 Å². The van der Waals surface area contributed by atoms with Crippen molar-refractivity contribution < 1.29 is 19.1 Å². The number of aromatic nitrogens is 2. The number of hydrogen-bond acceptors (Lipinski definition) is 5. The summed E-state index contributed by atoms with van der Waals surface area (Å²) in [6.45, 7) is 15.0. The van der Waals surface area contributed by atoms with Gasteiger partial charge in [0.25, 0.3) is 0 Å². The second-order valence-corrected chi connectivity index (χ2v) is 12.3. The minimum Gasteiger partial charge on any atom is -0.458 e. The second-order valence-electron chi connectivity index (χ2n) is 11.5. The van der Waals surface area contributed by atoms with Gasteiger partial charge in [-0.25, -0.2) is 14.6 Å². The van der Waals surface area contributed by atoms with E-state index in [1.807, 2.05) is 31.4 Å². The lowest BCUT2D eigenvalue weighted by Gasteiger charge is -2.27. The number of fused-ring (bicyclic) bond motifs is 1. The molecular formula is C28H35Cl2N3O4. The van der Waals surface area contributed by atoms with E-state index in [1.165, 1.54) is 0 Å². The van der Waals surface area contributed by atoms with Crippen molar-refractivity contribution in [1.82, 2.24) is 9.55 Å². The summed E-state index contributed by atoms with van der Waals surface area (Å²) in [4.78, 5) is 30.7. The Kier molecular flexibility index (Phi) is 8.50. The van der Waals surface area contributed by atoms with E-state index in [0.717, 1.165) is 0 Å². The monoisotopic (exact) mass is 547 g/mol. The highest BCUT2D eigenvalue weighted by atomic mass is 35.5. The van der Waals surface area contributed by atoms with Gasteiger partial charge in [0.1, 0.15) is 23.1 Å². The van der Waals surface area contributed by atoms with Gasteiger partial charge in [-0.3, -0.25) is 5.32 Å². The Hall–Kier alpha value is -2.77. The number of ether oxygens (including phenoxy) is 2. The molecule has 7 nitrogen and oxygen atoms in total. The molecule has 1 amide bonds. The van der Waals surface area contributed by atoms with Gasteiger partial charge < -0.3 is 14.0 Å². The molecule has 200 valence electrons. The van der Waals surface area contributed by atoms with Gasteiger partial charge in [0.05, 0.1) is 11.0 Å². The third-order valence-corrected chi connectivity index (χ3v) is 5.58. The number of rotatable bonds is 6. The molecule has 0 fully saturated rings. The summed E-state index contributed by atoms with van der Waals surface area (Å²) in [6, 6.07) is 9.82. The van der Waals surface area contributed by atoms with E-state index >= 15 is 0 Å². The molecule has 0 spiro atoms. The van der Waals surface area contributed by atoms with E-state index in [9.17, 15) is 9.59 Å². The third kappa shape index (κ3) is 7.86. The first-order chi connectivity index (χ1) is 17.0. The first-order valence-corrected chi connectivity index (χ1v) is 13.0. The molecule has 37 heavy (non-hydrogen) atoms. The van der Waals surface area contributed by atoms with Crippen LogP contribution in [0.15, 0.2) is 36.4 Å². The summed E-state index contributed by atoms with van der Waals surface area (Å²) >= 11 is 12.7. The molecule has 0 saturated heterocycles. The lowest BCUT2D eigenvalue weighted by atomic mass is 10.0.